The van der Waals surface area contributed by atoms with Crippen LogP contribution in [0.5, 0.6) is 0 Å². The lowest BCUT2D eigenvalue weighted by molar-refractivity contribution is 1.06. The van der Waals surface area contributed by atoms with E-state index in [-0.39, 0.29) is 6.98 Å². The Hall–Kier alpha value is -2.81. The van der Waals surface area contributed by atoms with Crippen molar-refractivity contribution in [1.29, 1.82) is 0 Å². The van der Waals surface area contributed by atoms with Crippen molar-refractivity contribution < 1.29 is 0 Å². The van der Waals surface area contributed by atoms with Crippen LogP contribution in [0.1, 0.15) is 13.8 Å². The first-order chi connectivity index (χ1) is 16.2. The highest BCUT2D eigenvalue weighted by molar-refractivity contribution is 8.25. The number of hydrogen-bond acceptors (Lipinski definition) is 3. The zero-order chi connectivity index (χ0) is 22.8. The molecular formula is C28H28BN2PS. The lowest BCUT2D eigenvalue weighted by Gasteiger charge is -2.29. The van der Waals surface area contributed by atoms with Gasteiger partial charge in [0.25, 0.3) is 0 Å². The number of nitrogens with zero attached hydrogens (tertiary/aromatic N) is 2. The van der Waals surface area contributed by atoms with Gasteiger partial charge in [-0.25, -0.2) is 0 Å². The zero-order valence-electron chi connectivity index (χ0n) is 19.1. The molecule has 2 nitrogen and oxygen atoms in total. The van der Waals surface area contributed by atoms with Crippen LogP contribution < -0.4 is 31.0 Å². The minimum atomic E-state index is -2.12. The number of hydrogen-bond donors (Lipinski definition) is 0. The van der Waals surface area contributed by atoms with Crippen LogP contribution in [0.4, 0.5) is 11.4 Å². The van der Waals surface area contributed by atoms with E-state index in [9.17, 15) is 0 Å². The molecule has 4 aromatic rings. The summed E-state index contributed by atoms with van der Waals surface area (Å²) in [6.45, 7) is 6.61. The van der Waals surface area contributed by atoms with Crippen molar-refractivity contribution >= 4 is 57.6 Å². The van der Waals surface area contributed by atoms with Crippen molar-refractivity contribution in [3.63, 3.8) is 0 Å². The number of anilines is 2. The Morgan fingerprint density at radius 3 is 1.39 bits per heavy atom. The Bertz CT molecular complexity index is 1200. The van der Waals surface area contributed by atoms with E-state index in [1.54, 1.807) is 0 Å². The first-order valence-electron chi connectivity index (χ1n) is 11.6. The van der Waals surface area contributed by atoms with Gasteiger partial charge in [0.2, 0.25) is 0 Å². The van der Waals surface area contributed by atoms with E-state index in [0.29, 0.717) is 0 Å². The summed E-state index contributed by atoms with van der Waals surface area (Å²) in [5.41, 5.74) is 3.94. The van der Waals surface area contributed by atoms with Crippen LogP contribution in [-0.4, -0.2) is 20.1 Å². The highest BCUT2D eigenvalue weighted by Gasteiger charge is 2.40. The van der Waals surface area contributed by atoms with Gasteiger partial charge in [-0.15, -0.1) is 0 Å². The van der Waals surface area contributed by atoms with E-state index in [1.807, 2.05) is 0 Å². The smallest absolute Gasteiger partial charge is 0.391 e. The fourth-order valence-corrected chi connectivity index (χ4v) is 8.75. The van der Waals surface area contributed by atoms with E-state index >= 15 is 0 Å². The summed E-state index contributed by atoms with van der Waals surface area (Å²) in [5.74, 6) is 0. The molecule has 5 heteroatoms. The molecule has 0 unspecified atom stereocenters. The number of benzene rings is 4. The third-order valence-corrected chi connectivity index (χ3v) is 11.5. The van der Waals surface area contributed by atoms with Gasteiger partial charge >= 0.3 is 6.98 Å². The average molecular weight is 466 g/mol. The van der Waals surface area contributed by atoms with E-state index < -0.39 is 6.04 Å². The molecule has 0 aromatic heterocycles. The number of fused-ring (bicyclic) bond motifs is 1. The zero-order valence-corrected chi connectivity index (χ0v) is 20.8. The third-order valence-electron chi connectivity index (χ3n) is 6.57. The highest BCUT2D eigenvalue weighted by atomic mass is 32.4. The Labute approximate surface area is 203 Å². The van der Waals surface area contributed by atoms with E-state index in [2.05, 4.69) is 133 Å². The molecule has 5 rings (SSSR count). The largest absolute Gasteiger partial charge is 0.411 e. The van der Waals surface area contributed by atoms with Gasteiger partial charge in [0.05, 0.1) is 0 Å². The molecule has 0 saturated carbocycles. The van der Waals surface area contributed by atoms with Crippen molar-refractivity contribution in [1.82, 2.24) is 0 Å². The van der Waals surface area contributed by atoms with Gasteiger partial charge in [-0.05, 0) is 47.4 Å². The quantitative estimate of drug-likeness (QED) is 0.305. The summed E-state index contributed by atoms with van der Waals surface area (Å²) in [7, 11) is 0. The third kappa shape index (κ3) is 3.72. The Balaban J connectivity index is 1.58. The normalized spacial score (nSPS) is 13.3. The van der Waals surface area contributed by atoms with Crippen molar-refractivity contribution in [3.8, 4) is 0 Å². The lowest BCUT2D eigenvalue weighted by atomic mass is 9.65. The van der Waals surface area contributed by atoms with Gasteiger partial charge in [-0.2, -0.15) is 0 Å². The maximum atomic E-state index is 6.52. The Morgan fingerprint density at radius 1 is 0.576 bits per heavy atom. The summed E-state index contributed by atoms with van der Waals surface area (Å²) in [4.78, 5) is 5.00. The standard InChI is InChI=1S/C28H28BN2PS/c1-3-30-27-17-11-12-18-28(27)31(4-2)29(30)23-19-21-26(22-20-23)32(33,24-13-7-5-8-14-24)25-15-9-6-10-16-25/h5-22H,3-4H2,1-2H3. The molecule has 0 aliphatic carbocycles. The van der Waals surface area contributed by atoms with Crippen LogP contribution in [0, 0.1) is 0 Å². The SMILES string of the molecule is CCN1B(c2ccc(P(=S)(c3ccccc3)c3ccccc3)cc2)N(CC)c2ccccc21. The van der Waals surface area contributed by atoms with Crippen molar-refractivity contribution in [3.05, 3.63) is 109 Å². The minimum absolute atomic E-state index is 0.206. The molecule has 0 saturated heterocycles. The summed E-state index contributed by atoms with van der Waals surface area (Å²) >= 11 is 6.52. The lowest BCUT2D eigenvalue weighted by Crippen LogP contribution is -2.56. The number of rotatable bonds is 6. The molecule has 0 N–H and O–H groups in total. The highest BCUT2D eigenvalue weighted by Crippen LogP contribution is 2.42. The van der Waals surface area contributed by atoms with Crippen molar-refractivity contribution in [2.24, 2.45) is 0 Å². The Kier molecular flexibility index (Phi) is 6.14. The van der Waals surface area contributed by atoms with E-state index in [0.717, 1.165) is 13.1 Å². The van der Waals surface area contributed by atoms with Gasteiger partial charge in [-0.3, -0.25) is 0 Å². The summed E-state index contributed by atoms with van der Waals surface area (Å²) in [6.07, 6.45) is 0. The van der Waals surface area contributed by atoms with Crippen LogP contribution in [0.25, 0.3) is 0 Å². The molecule has 0 fully saturated rings. The second kappa shape index (κ2) is 9.21. The van der Waals surface area contributed by atoms with Crippen LogP contribution in [0.15, 0.2) is 109 Å². The number of para-hydroxylation sites is 2. The topological polar surface area (TPSA) is 6.48 Å². The molecule has 1 aliphatic heterocycles. The average Bonchev–Trinajstić information content (AvgIpc) is 3.23. The first-order valence-corrected chi connectivity index (χ1v) is 14.4. The minimum Gasteiger partial charge on any atom is -0.391 e. The molecule has 0 bridgehead atoms. The van der Waals surface area contributed by atoms with Crippen molar-refractivity contribution in [2.75, 3.05) is 22.7 Å². The van der Waals surface area contributed by atoms with Crippen molar-refractivity contribution in [2.45, 2.75) is 13.8 Å². The van der Waals surface area contributed by atoms with Gasteiger partial charge in [0.1, 0.15) is 0 Å². The molecule has 33 heavy (non-hydrogen) atoms. The summed E-state index contributed by atoms with van der Waals surface area (Å²) < 4.78 is 0. The van der Waals surface area contributed by atoms with E-state index in [4.69, 9.17) is 11.8 Å². The molecule has 1 aliphatic rings. The predicted octanol–water partition coefficient (Wildman–Crippen LogP) is 4.50. The molecule has 164 valence electrons. The molecule has 0 amide bonds. The van der Waals surface area contributed by atoms with Gasteiger partial charge in [0, 0.05) is 30.5 Å². The maximum absolute atomic E-state index is 6.52. The molecule has 0 spiro atoms. The van der Waals surface area contributed by atoms with E-state index in [1.165, 1.54) is 32.8 Å². The van der Waals surface area contributed by atoms with Crippen LogP contribution in [-0.2, 0) is 11.8 Å². The van der Waals surface area contributed by atoms with Gasteiger partial charge in [0.15, 0.2) is 0 Å². The maximum Gasteiger partial charge on any atom is 0.411 e. The molecule has 0 radical (unpaired) electrons. The summed E-state index contributed by atoms with van der Waals surface area (Å²) in [5, 5.41) is 3.70. The van der Waals surface area contributed by atoms with Crippen LogP contribution >= 0.6 is 6.04 Å². The second-order valence-electron chi connectivity index (χ2n) is 8.31. The second-order valence-corrected chi connectivity index (χ2v) is 12.7. The summed E-state index contributed by atoms with van der Waals surface area (Å²) in [6, 6.07) is 37.0. The van der Waals surface area contributed by atoms with Crippen LogP contribution in [0.2, 0.25) is 0 Å². The molecule has 1 heterocycles. The fraction of sp³-hybridized carbons (Fsp3) is 0.143. The Morgan fingerprint density at radius 2 is 0.970 bits per heavy atom. The first kappa shape index (κ1) is 22.0. The van der Waals surface area contributed by atoms with Crippen LogP contribution in [0.3, 0.4) is 0 Å². The fourth-order valence-electron chi connectivity index (χ4n) is 5.01. The monoisotopic (exact) mass is 466 g/mol. The molecule has 4 aromatic carbocycles. The predicted molar refractivity (Wildman–Crippen MR) is 150 cm³/mol. The van der Waals surface area contributed by atoms with Gasteiger partial charge in [-0.1, -0.05) is 109 Å². The molecular weight excluding hydrogens is 438 g/mol. The van der Waals surface area contributed by atoms with Gasteiger partial charge < -0.3 is 9.62 Å². The molecule has 0 atom stereocenters.